The van der Waals surface area contributed by atoms with Gasteiger partial charge in [0.2, 0.25) is 10.0 Å². The van der Waals surface area contributed by atoms with Crippen LogP contribution in [0, 0.1) is 11.3 Å². The molecule has 4 heteroatoms. The molecular formula is C12H25NO2S. The largest absolute Gasteiger partial charge is 0.219 e. The lowest BCUT2D eigenvalue weighted by Gasteiger charge is -2.49. The lowest BCUT2D eigenvalue weighted by molar-refractivity contribution is 0.127. The van der Waals surface area contributed by atoms with Crippen LogP contribution >= 0.6 is 0 Å². The molecule has 3 nitrogen and oxygen atoms in total. The second-order valence-corrected chi connectivity index (χ2v) is 8.74. The van der Waals surface area contributed by atoms with E-state index < -0.39 is 14.8 Å². The Kier molecular flexibility index (Phi) is 3.48. The second-order valence-electron chi connectivity index (χ2n) is 6.11. The van der Waals surface area contributed by atoms with Gasteiger partial charge in [0.1, 0.15) is 0 Å². The van der Waals surface area contributed by atoms with Crippen LogP contribution in [0.3, 0.4) is 0 Å². The third kappa shape index (κ3) is 1.90. The zero-order valence-electron chi connectivity index (χ0n) is 11.4. The van der Waals surface area contributed by atoms with Gasteiger partial charge in [-0.1, -0.05) is 27.2 Å². The summed E-state index contributed by atoms with van der Waals surface area (Å²) in [7, 11) is -1.46. The molecule has 1 atom stereocenters. The van der Waals surface area contributed by atoms with Crippen LogP contribution in [0.5, 0.6) is 0 Å². The molecule has 0 aliphatic carbocycles. The van der Waals surface area contributed by atoms with Gasteiger partial charge in [0.05, 0.1) is 4.75 Å². The molecule has 0 radical (unpaired) electrons. The fourth-order valence-electron chi connectivity index (χ4n) is 2.94. The van der Waals surface area contributed by atoms with Crippen LogP contribution in [0.4, 0.5) is 0 Å². The average molecular weight is 247 g/mol. The first-order valence-corrected chi connectivity index (χ1v) is 7.47. The van der Waals surface area contributed by atoms with Crippen LogP contribution in [0.25, 0.3) is 0 Å². The Morgan fingerprint density at radius 3 is 2.31 bits per heavy atom. The van der Waals surface area contributed by atoms with E-state index in [0.29, 0.717) is 6.54 Å². The molecule has 0 amide bonds. The van der Waals surface area contributed by atoms with Crippen molar-refractivity contribution in [3.05, 3.63) is 0 Å². The molecule has 1 fully saturated rings. The van der Waals surface area contributed by atoms with Gasteiger partial charge in [0.15, 0.2) is 0 Å². The number of rotatable bonds is 2. The van der Waals surface area contributed by atoms with Gasteiger partial charge < -0.3 is 0 Å². The molecule has 1 aliphatic rings. The van der Waals surface area contributed by atoms with Crippen LogP contribution in [0.2, 0.25) is 0 Å². The van der Waals surface area contributed by atoms with Gasteiger partial charge in [-0.15, -0.1) is 0 Å². The van der Waals surface area contributed by atoms with E-state index in [1.54, 1.807) is 7.05 Å². The second kappa shape index (κ2) is 3.98. The van der Waals surface area contributed by atoms with Crippen LogP contribution in [-0.4, -0.2) is 31.1 Å². The van der Waals surface area contributed by atoms with E-state index in [1.165, 1.54) is 4.31 Å². The summed E-state index contributed by atoms with van der Waals surface area (Å²) < 4.78 is 25.5. The molecule has 16 heavy (non-hydrogen) atoms. The van der Waals surface area contributed by atoms with Gasteiger partial charge in [0, 0.05) is 13.6 Å². The lowest BCUT2D eigenvalue weighted by Crippen LogP contribution is -2.56. The highest BCUT2D eigenvalue weighted by Gasteiger charge is 2.52. The number of hydrogen-bond donors (Lipinski definition) is 0. The van der Waals surface area contributed by atoms with Crippen molar-refractivity contribution in [1.82, 2.24) is 4.31 Å². The van der Waals surface area contributed by atoms with Gasteiger partial charge in [-0.25, -0.2) is 12.7 Å². The molecule has 1 unspecified atom stereocenters. The number of hydrogen-bond acceptors (Lipinski definition) is 2. The summed E-state index contributed by atoms with van der Waals surface area (Å²) in [5.41, 5.74) is 0.0812. The highest BCUT2D eigenvalue weighted by atomic mass is 32.2. The summed E-state index contributed by atoms with van der Waals surface area (Å²) in [5, 5.41) is 0. The Balaban J connectivity index is 3.18. The van der Waals surface area contributed by atoms with Crippen molar-refractivity contribution < 1.29 is 8.42 Å². The van der Waals surface area contributed by atoms with E-state index in [4.69, 9.17) is 0 Å². The molecule has 1 aliphatic heterocycles. The average Bonchev–Trinajstić information content (AvgIpc) is 2.14. The summed E-state index contributed by atoms with van der Waals surface area (Å²) in [6.45, 7) is 10.9. The Hall–Kier alpha value is -0.0900. The van der Waals surface area contributed by atoms with E-state index >= 15 is 0 Å². The van der Waals surface area contributed by atoms with E-state index in [2.05, 4.69) is 20.8 Å². The highest BCUT2D eigenvalue weighted by molar-refractivity contribution is 7.90. The molecule has 0 spiro atoms. The maximum Gasteiger partial charge on any atom is 0.219 e. The van der Waals surface area contributed by atoms with Crippen molar-refractivity contribution in [2.75, 3.05) is 13.6 Å². The third-order valence-electron chi connectivity index (χ3n) is 4.50. The molecule has 1 heterocycles. The minimum atomic E-state index is -3.15. The summed E-state index contributed by atoms with van der Waals surface area (Å²) in [6.07, 6.45) is 1.98. The number of nitrogens with zero attached hydrogens (tertiary/aromatic N) is 1. The SMILES string of the molecule is CCC(C)(C)C1CCN(C)S(=O)(=O)C1(C)C. The van der Waals surface area contributed by atoms with Crippen LogP contribution in [0.1, 0.15) is 47.5 Å². The van der Waals surface area contributed by atoms with Crippen molar-refractivity contribution in [1.29, 1.82) is 0 Å². The van der Waals surface area contributed by atoms with Crippen molar-refractivity contribution in [2.24, 2.45) is 11.3 Å². The van der Waals surface area contributed by atoms with E-state index in [9.17, 15) is 8.42 Å². The van der Waals surface area contributed by atoms with Gasteiger partial charge >= 0.3 is 0 Å². The predicted octanol–water partition coefficient (Wildman–Crippen LogP) is 2.48. The van der Waals surface area contributed by atoms with Crippen LogP contribution in [-0.2, 0) is 10.0 Å². The Labute approximate surface area is 100 Å². The zero-order valence-corrected chi connectivity index (χ0v) is 12.2. The van der Waals surface area contributed by atoms with Crippen molar-refractivity contribution in [2.45, 2.75) is 52.2 Å². The fraction of sp³-hybridized carbons (Fsp3) is 1.00. The van der Waals surface area contributed by atoms with E-state index in [1.807, 2.05) is 13.8 Å². The maximum atomic E-state index is 12.3. The summed E-state index contributed by atoms with van der Waals surface area (Å²) in [4.78, 5) is 0. The molecule has 0 aromatic carbocycles. The predicted molar refractivity (Wildman–Crippen MR) is 67.8 cm³/mol. The normalized spacial score (nSPS) is 30.2. The minimum absolute atomic E-state index is 0.0812. The molecule has 96 valence electrons. The first-order chi connectivity index (χ1) is 7.07. The van der Waals surface area contributed by atoms with Gasteiger partial charge in [0.25, 0.3) is 0 Å². The van der Waals surface area contributed by atoms with Crippen molar-refractivity contribution in [3.63, 3.8) is 0 Å². The molecule has 0 aromatic heterocycles. The van der Waals surface area contributed by atoms with Crippen molar-refractivity contribution >= 4 is 10.0 Å². The standard InChI is InChI=1S/C12H25NO2S/c1-7-11(2,3)10-8-9-13(6)16(14,15)12(10,4)5/h10H,7-9H2,1-6H3. The smallest absolute Gasteiger partial charge is 0.212 e. The Bertz CT molecular complexity index is 357. The van der Waals surface area contributed by atoms with Gasteiger partial charge in [-0.2, -0.15) is 0 Å². The topological polar surface area (TPSA) is 37.4 Å². The molecule has 0 aromatic rings. The zero-order chi connectivity index (χ0) is 12.8. The molecule has 0 bridgehead atoms. The highest BCUT2D eigenvalue weighted by Crippen LogP contribution is 2.46. The monoisotopic (exact) mass is 247 g/mol. The number of sulfonamides is 1. The quantitative estimate of drug-likeness (QED) is 0.752. The summed E-state index contributed by atoms with van der Waals surface area (Å²) in [6, 6.07) is 0. The minimum Gasteiger partial charge on any atom is -0.212 e. The molecular weight excluding hydrogens is 222 g/mol. The fourth-order valence-corrected chi connectivity index (χ4v) is 4.88. The first-order valence-electron chi connectivity index (χ1n) is 6.03. The van der Waals surface area contributed by atoms with Crippen molar-refractivity contribution in [3.8, 4) is 0 Å². The van der Waals surface area contributed by atoms with Gasteiger partial charge in [-0.3, -0.25) is 0 Å². The Morgan fingerprint density at radius 1 is 1.38 bits per heavy atom. The summed E-state index contributed by atoms with van der Waals surface area (Å²) >= 11 is 0. The van der Waals surface area contributed by atoms with E-state index in [-0.39, 0.29) is 11.3 Å². The molecule has 1 saturated heterocycles. The third-order valence-corrected chi connectivity index (χ3v) is 7.12. The molecule has 0 N–H and O–H groups in total. The van der Waals surface area contributed by atoms with Crippen LogP contribution in [0.15, 0.2) is 0 Å². The Morgan fingerprint density at radius 2 is 1.88 bits per heavy atom. The molecule has 1 rings (SSSR count). The first kappa shape index (κ1) is 14.0. The lowest BCUT2D eigenvalue weighted by atomic mass is 9.69. The van der Waals surface area contributed by atoms with E-state index in [0.717, 1.165) is 12.8 Å². The summed E-state index contributed by atoms with van der Waals surface area (Å²) in [5.74, 6) is 0.228. The van der Waals surface area contributed by atoms with Crippen LogP contribution < -0.4 is 0 Å². The van der Waals surface area contributed by atoms with Gasteiger partial charge in [-0.05, 0) is 31.6 Å². The molecule has 0 saturated carbocycles. The maximum absolute atomic E-state index is 12.3.